The molecule has 1 unspecified atom stereocenters. The number of rotatable bonds is 10. The number of carbonyl (C=O) groups is 2. The van der Waals surface area contributed by atoms with Gasteiger partial charge in [0.25, 0.3) is 0 Å². The largest absolute Gasteiger partial charge is 0.355 e. The van der Waals surface area contributed by atoms with Crippen LogP contribution in [0.15, 0.2) is 46.9 Å². The van der Waals surface area contributed by atoms with Crippen molar-refractivity contribution in [3.05, 3.63) is 63.1 Å². The van der Waals surface area contributed by atoms with Gasteiger partial charge in [-0.3, -0.25) is 13.9 Å². The molecule has 0 aliphatic heterocycles. The van der Waals surface area contributed by atoms with Gasteiger partial charge in [-0.25, -0.2) is 8.42 Å². The lowest BCUT2D eigenvalue weighted by Crippen LogP contribution is -2.52. The van der Waals surface area contributed by atoms with Crippen LogP contribution in [0.4, 0.5) is 5.69 Å². The Morgan fingerprint density at radius 1 is 1.12 bits per heavy atom. The highest BCUT2D eigenvalue weighted by Crippen LogP contribution is 2.25. The van der Waals surface area contributed by atoms with Crippen molar-refractivity contribution >= 4 is 55.1 Å². The van der Waals surface area contributed by atoms with Crippen LogP contribution in [-0.2, 0) is 26.2 Å². The van der Waals surface area contributed by atoms with Crippen molar-refractivity contribution < 1.29 is 18.0 Å². The van der Waals surface area contributed by atoms with E-state index in [0.717, 1.165) is 26.2 Å². The van der Waals surface area contributed by atoms with Gasteiger partial charge in [0.05, 0.1) is 11.9 Å². The number of hydrogen-bond acceptors (Lipinski definition) is 4. The molecule has 180 valence electrons. The SMILES string of the molecule is CCNC(=O)C(CC)N(Cc1ccc(Cl)cc1)C(=O)CN(c1ccc(Br)c(C)c1)S(C)(=O)=O. The zero-order valence-electron chi connectivity index (χ0n) is 19.1. The van der Waals surface area contributed by atoms with Gasteiger partial charge < -0.3 is 10.2 Å². The Morgan fingerprint density at radius 3 is 2.27 bits per heavy atom. The average molecular weight is 559 g/mol. The molecule has 7 nitrogen and oxygen atoms in total. The molecule has 0 saturated heterocycles. The number of amides is 2. The van der Waals surface area contributed by atoms with Crippen LogP contribution in [0.25, 0.3) is 0 Å². The summed E-state index contributed by atoms with van der Waals surface area (Å²) in [5.41, 5.74) is 1.99. The van der Waals surface area contributed by atoms with E-state index in [9.17, 15) is 18.0 Å². The summed E-state index contributed by atoms with van der Waals surface area (Å²) in [5.74, 6) is -0.762. The molecule has 0 saturated carbocycles. The van der Waals surface area contributed by atoms with Crippen molar-refractivity contribution in [2.45, 2.75) is 39.8 Å². The quantitative estimate of drug-likeness (QED) is 0.475. The molecule has 0 spiro atoms. The standard InChI is InChI=1S/C23H29BrClN3O4S/c1-5-21(23(30)26-6-2)27(14-17-7-9-18(25)10-8-17)22(29)15-28(33(4,31)32)19-11-12-20(24)16(3)13-19/h7-13,21H,5-6,14-15H2,1-4H3,(H,26,30). The summed E-state index contributed by atoms with van der Waals surface area (Å²) < 4.78 is 27.1. The van der Waals surface area contributed by atoms with Crippen LogP contribution in [-0.4, -0.2) is 50.5 Å². The molecule has 33 heavy (non-hydrogen) atoms. The zero-order valence-corrected chi connectivity index (χ0v) is 22.3. The Labute approximate surface area is 209 Å². The fraction of sp³-hybridized carbons (Fsp3) is 0.391. The van der Waals surface area contributed by atoms with Gasteiger partial charge in [0.15, 0.2) is 0 Å². The van der Waals surface area contributed by atoms with E-state index >= 15 is 0 Å². The maximum absolute atomic E-state index is 13.5. The molecule has 0 aliphatic rings. The lowest BCUT2D eigenvalue weighted by Gasteiger charge is -2.33. The minimum absolute atomic E-state index is 0.141. The third-order valence-electron chi connectivity index (χ3n) is 5.11. The van der Waals surface area contributed by atoms with Crippen molar-refractivity contribution in [2.75, 3.05) is 23.7 Å². The average Bonchev–Trinajstić information content (AvgIpc) is 2.74. The van der Waals surface area contributed by atoms with E-state index in [2.05, 4.69) is 21.2 Å². The first-order valence-electron chi connectivity index (χ1n) is 10.5. The molecule has 1 N–H and O–H groups in total. The van der Waals surface area contributed by atoms with Gasteiger partial charge in [-0.15, -0.1) is 0 Å². The smallest absolute Gasteiger partial charge is 0.244 e. The molecule has 0 fully saturated rings. The summed E-state index contributed by atoms with van der Waals surface area (Å²) >= 11 is 9.39. The number of likely N-dealkylation sites (N-methyl/N-ethyl adjacent to an activating group) is 1. The van der Waals surface area contributed by atoms with Gasteiger partial charge in [-0.1, -0.05) is 46.6 Å². The summed E-state index contributed by atoms with van der Waals surface area (Å²) in [4.78, 5) is 27.7. The Hall–Kier alpha value is -2.10. The van der Waals surface area contributed by atoms with E-state index in [1.807, 2.05) is 13.8 Å². The molecule has 0 aliphatic carbocycles. The van der Waals surface area contributed by atoms with Crippen molar-refractivity contribution in [1.82, 2.24) is 10.2 Å². The lowest BCUT2D eigenvalue weighted by molar-refractivity contribution is -0.140. The molecule has 0 aromatic heterocycles. The minimum atomic E-state index is -3.76. The fourth-order valence-electron chi connectivity index (χ4n) is 3.40. The number of sulfonamides is 1. The van der Waals surface area contributed by atoms with Crippen molar-refractivity contribution in [3.8, 4) is 0 Å². The van der Waals surface area contributed by atoms with E-state index in [1.54, 1.807) is 49.4 Å². The third kappa shape index (κ3) is 7.45. The lowest BCUT2D eigenvalue weighted by atomic mass is 10.1. The van der Waals surface area contributed by atoms with E-state index < -0.39 is 28.5 Å². The molecular weight excluding hydrogens is 530 g/mol. The zero-order chi connectivity index (χ0) is 24.8. The molecule has 2 amide bonds. The second kappa shape index (κ2) is 11.9. The van der Waals surface area contributed by atoms with Gasteiger partial charge in [-0.2, -0.15) is 0 Å². The fourth-order valence-corrected chi connectivity index (χ4v) is 4.61. The van der Waals surface area contributed by atoms with E-state index in [4.69, 9.17) is 11.6 Å². The van der Waals surface area contributed by atoms with Crippen molar-refractivity contribution in [2.24, 2.45) is 0 Å². The second-order valence-corrected chi connectivity index (χ2v) is 10.9. The van der Waals surface area contributed by atoms with E-state index in [-0.39, 0.29) is 12.5 Å². The van der Waals surface area contributed by atoms with Crippen LogP contribution in [0, 0.1) is 6.92 Å². The molecule has 2 aromatic rings. The summed E-state index contributed by atoms with van der Waals surface area (Å²) in [6, 6.07) is 11.3. The van der Waals surface area contributed by atoms with Crippen molar-refractivity contribution in [3.63, 3.8) is 0 Å². The summed E-state index contributed by atoms with van der Waals surface area (Å²) in [5, 5.41) is 3.32. The minimum Gasteiger partial charge on any atom is -0.355 e. The van der Waals surface area contributed by atoms with Crippen LogP contribution in [0.3, 0.4) is 0 Å². The number of anilines is 1. The molecule has 10 heteroatoms. The topological polar surface area (TPSA) is 86.8 Å². The maximum Gasteiger partial charge on any atom is 0.244 e. The Bertz CT molecular complexity index is 1090. The van der Waals surface area contributed by atoms with E-state index in [0.29, 0.717) is 23.7 Å². The molecule has 2 aromatic carbocycles. The predicted octanol–water partition coefficient (Wildman–Crippen LogP) is 4.12. The highest BCUT2D eigenvalue weighted by atomic mass is 79.9. The second-order valence-electron chi connectivity index (χ2n) is 7.67. The normalized spacial score (nSPS) is 12.2. The third-order valence-corrected chi connectivity index (χ3v) is 7.39. The first-order chi connectivity index (χ1) is 15.5. The maximum atomic E-state index is 13.5. The first-order valence-corrected chi connectivity index (χ1v) is 13.5. The summed E-state index contributed by atoms with van der Waals surface area (Å²) in [7, 11) is -3.76. The Morgan fingerprint density at radius 2 is 1.76 bits per heavy atom. The molecule has 0 heterocycles. The van der Waals surface area contributed by atoms with Gasteiger partial charge in [0.2, 0.25) is 21.8 Å². The van der Waals surface area contributed by atoms with Crippen LogP contribution >= 0.6 is 27.5 Å². The Kier molecular flexibility index (Phi) is 9.75. The number of hydrogen-bond donors (Lipinski definition) is 1. The van der Waals surface area contributed by atoms with Crippen LogP contribution in [0.2, 0.25) is 5.02 Å². The highest BCUT2D eigenvalue weighted by Gasteiger charge is 2.31. The molecule has 1 atom stereocenters. The number of benzene rings is 2. The number of nitrogens with zero attached hydrogens (tertiary/aromatic N) is 2. The molecular formula is C23H29BrClN3O4S. The molecule has 0 bridgehead atoms. The van der Waals surface area contributed by atoms with Gasteiger partial charge >= 0.3 is 0 Å². The van der Waals surface area contributed by atoms with E-state index in [1.165, 1.54) is 4.90 Å². The Balaban J connectivity index is 2.44. The van der Waals surface area contributed by atoms with Crippen LogP contribution in [0.5, 0.6) is 0 Å². The monoisotopic (exact) mass is 557 g/mol. The number of nitrogens with one attached hydrogen (secondary N) is 1. The van der Waals surface area contributed by atoms with Crippen molar-refractivity contribution in [1.29, 1.82) is 0 Å². The molecule has 0 radical (unpaired) electrons. The van der Waals surface area contributed by atoms with Crippen LogP contribution in [0.1, 0.15) is 31.4 Å². The van der Waals surface area contributed by atoms with Crippen LogP contribution < -0.4 is 9.62 Å². The first kappa shape index (κ1) is 27.1. The van der Waals surface area contributed by atoms with Gasteiger partial charge in [-0.05, 0) is 61.7 Å². The summed E-state index contributed by atoms with van der Waals surface area (Å²) in [6.07, 6.45) is 1.43. The number of halogens is 2. The van der Waals surface area contributed by atoms with Gasteiger partial charge in [0, 0.05) is 22.6 Å². The van der Waals surface area contributed by atoms with Gasteiger partial charge in [0.1, 0.15) is 12.6 Å². The predicted molar refractivity (Wildman–Crippen MR) is 136 cm³/mol. The number of carbonyl (C=O) groups excluding carboxylic acids is 2. The number of aryl methyl sites for hydroxylation is 1. The highest BCUT2D eigenvalue weighted by molar-refractivity contribution is 9.10. The molecule has 2 rings (SSSR count). The summed E-state index contributed by atoms with van der Waals surface area (Å²) in [6.45, 7) is 5.59.